The van der Waals surface area contributed by atoms with Crippen molar-refractivity contribution in [2.75, 3.05) is 12.4 Å². The van der Waals surface area contributed by atoms with Crippen LogP contribution in [-0.4, -0.2) is 18.4 Å². The van der Waals surface area contributed by atoms with Crippen molar-refractivity contribution in [3.8, 4) is 11.8 Å². The summed E-state index contributed by atoms with van der Waals surface area (Å²) in [6, 6.07) is 9.30. The molecule has 0 aliphatic heterocycles. The first-order valence-electron chi connectivity index (χ1n) is 5.25. The van der Waals surface area contributed by atoms with Crippen molar-refractivity contribution in [3.63, 3.8) is 0 Å². The van der Waals surface area contributed by atoms with E-state index in [1.54, 1.807) is 24.3 Å². The van der Waals surface area contributed by atoms with Crippen LogP contribution in [0.3, 0.4) is 0 Å². The van der Waals surface area contributed by atoms with E-state index in [9.17, 15) is 0 Å². The average molecular weight is 273 g/mol. The predicted octanol–water partition coefficient (Wildman–Crippen LogP) is 2.40. The summed E-state index contributed by atoms with van der Waals surface area (Å²) in [4.78, 5) is 0. The Morgan fingerprint density at radius 1 is 1.35 bits per heavy atom. The van der Waals surface area contributed by atoms with E-state index in [0.717, 1.165) is 18.6 Å². The largest absolute Gasteiger partial charge is 0.494 e. The fourth-order valence-corrected chi connectivity index (χ4v) is 1.44. The van der Waals surface area contributed by atoms with E-state index in [1.807, 2.05) is 0 Å². The number of nitriles is 1. The third-order valence-electron chi connectivity index (χ3n) is 2.21. The number of hydrogen-bond donors (Lipinski definition) is 2. The highest BCUT2D eigenvalue weighted by molar-refractivity contribution is 7.80. The molecule has 0 bridgehead atoms. The minimum Gasteiger partial charge on any atom is -0.494 e. The van der Waals surface area contributed by atoms with Crippen LogP contribution in [0.5, 0.6) is 5.75 Å². The number of nitrogens with two attached hydrogens (primary N) is 1. The number of nitrogens with zero attached hydrogens (tertiary/aromatic N) is 1. The molecule has 2 N–H and O–H groups in total. The fraction of sp³-hybridized carbons (Fsp3) is 0.417. The summed E-state index contributed by atoms with van der Waals surface area (Å²) in [5, 5.41) is 8.62. The number of rotatable bonds is 6. The van der Waals surface area contributed by atoms with Gasteiger partial charge in [-0.3, -0.25) is 0 Å². The number of thiol groups is 1. The van der Waals surface area contributed by atoms with Crippen molar-refractivity contribution in [2.24, 2.45) is 5.73 Å². The van der Waals surface area contributed by atoms with Gasteiger partial charge in [-0.1, -0.05) is 0 Å². The highest BCUT2D eigenvalue weighted by Gasteiger charge is 1.99. The molecule has 17 heavy (non-hydrogen) atoms. The molecule has 0 radical (unpaired) electrons. The van der Waals surface area contributed by atoms with Gasteiger partial charge in [0.05, 0.1) is 18.2 Å². The highest BCUT2D eigenvalue weighted by Crippen LogP contribution is 2.12. The van der Waals surface area contributed by atoms with Gasteiger partial charge in [0.15, 0.2) is 0 Å². The van der Waals surface area contributed by atoms with Crippen LogP contribution < -0.4 is 10.5 Å². The molecule has 0 fully saturated rings. The zero-order valence-electron chi connectivity index (χ0n) is 9.50. The Morgan fingerprint density at radius 3 is 2.53 bits per heavy atom. The minimum atomic E-state index is 0. The number of ether oxygens (including phenoxy) is 1. The van der Waals surface area contributed by atoms with Gasteiger partial charge < -0.3 is 10.5 Å². The minimum absolute atomic E-state index is 0. The van der Waals surface area contributed by atoms with Crippen molar-refractivity contribution in [1.82, 2.24) is 0 Å². The highest BCUT2D eigenvalue weighted by atomic mass is 35.5. The van der Waals surface area contributed by atoms with Crippen molar-refractivity contribution in [3.05, 3.63) is 29.8 Å². The summed E-state index contributed by atoms with van der Waals surface area (Å²) >= 11 is 4.11. The first kappa shape index (κ1) is 16.1. The lowest BCUT2D eigenvalue weighted by Crippen LogP contribution is -2.22. The molecule has 1 rings (SSSR count). The topological polar surface area (TPSA) is 59.0 Å². The van der Waals surface area contributed by atoms with Crippen LogP contribution in [0.15, 0.2) is 24.3 Å². The second-order valence-electron chi connectivity index (χ2n) is 3.57. The summed E-state index contributed by atoms with van der Waals surface area (Å²) in [5.74, 6) is 1.50. The molecule has 3 nitrogen and oxygen atoms in total. The van der Waals surface area contributed by atoms with E-state index in [0.29, 0.717) is 17.9 Å². The van der Waals surface area contributed by atoms with Crippen molar-refractivity contribution >= 4 is 25.0 Å². The lowest BCUT2D eigenvalue weighted by atomic mass is 10.2. The zero-order valence-corrected chi connectivity index (χ0v) is 11.2. The maximum Gasteiger partial charge on any atom is 0.119 e. The Morgan fingerprint density at radius 2 is 2.00 bits per heavy atom. The number of benzene rings is 1. The molecular formula is C12H17ClN2OS. The average Bonchev–Trinajstić information content (AvgIpc) is 2.35. The Hall–Kier alpha value is -0.890. The van der Waals surface area contributed by atoms with Crippen LogP contribution in [-0.2, 0) is 0 Å². The number of hydrogen-bond acceptors (Lipinski definition) is 4. The summed E-state index contributed by atoms with van der Waals surface area (Å²) in [7, 11) is 0. The smallest absolute Gasteiger partial charge is 0.119 e. The summed E-state index contributed by atoms with van der Waals surface area (Å²) in [5.41, 5.74) is 6.37. The second-order valence-corrected chi connectivity index (χ2v) is 3.93. The lowest BCUT2D eigenvalue weighted by Gasteiger charge is -2.09. The molecule has 0 spiro atoms. The lowest BCUT2D eigenvalue weighted by molar-refractivity contribution is 0.303. The molecule has 0 aromatic heterocycles. The Balaban J connectivity index is 0.00000256. The quantitative estimate of drug-likeness (QED) is 0.618. The van der Waals surface area contributed by atoms with Gasteiger partial charge in [0.2, 0.25) is 0 Å². The van der Waals surface area contributed by atoms with Gasteiger partial charge in [-0.05, 0) is 37.1 Å². The maximum atomic E-state index is 8.62. The molecule has 1 atom stereocenters. The summed E-state index contributed by atoms with van der Waals surface area (Å²) < 4.78 is 5.51. The van der Waals surface area contributed by atoms with Gasteiger partial charge in [0.25, 0.3) is 0 Å². The van der Waals surface area contributed by atoms with Gasteiger partial charge in [0.1, 0.15) is 5.75 Å². The Kier molecular flexibility index (Phi) is 8.69. The Labute approximate surface area is 114 Å². The fourth-order valence-electron chi connectivity index (χ4n) is 1.25. The second kappa shape index (κ2) is 9.17. The molecule has 0 saturated carbocycles. The SMILES string of the molecule is Cl.N#Cc1ccc(OCCCC(N)CS)cc1. The third-order valence-corrected chi connectivity index (χ3v) is 2.67. The molecule has 0 heterocycles. The molecule has 0 amide bonds. The summed E-state index contributed by atoms with van der Waals surface area (Å²) in [6.07, 6.45) is 1.83. The van der Waals surface area contributed by atoms with Crippen LogP contribution in [0.1, 0.15) is 18.4 Å². The third kappa shape index (κ3) is 6.42. The van der Waals surface area contributed by atoms with Crippen LogP contribution in [0, 0.1) is 11.3 Å². The first-order valence-corrected chi connectivity index (χ1v) is 5.89. The molecule has 0 saturated heterocycles. The van der Waals surface area contributed by atoms with Crippen molar-refractivity contribution in [2.45, 2.75) is 18.9 Å². The van der Waals surface area contributed by atoms with E-state index in [1.165, 1.54) is 0 Å². The molecule has 0 aliphatic carbocycles. The monoisotopic (exact) mass is 272 g/mol. The molecule has 1 aromatic rings. The van der Waals surface area contributed by atoms with E-state index in [4.69, 9.17) is 15.7 Å². The molecule has 5 heteroatoms. The van der Waals surface area contributed by atoms with E-state index >= 15 is 0 Å². The van der Waals surface area contributed by atoms with Crippen molar-refractivity contribution < 1.29 is 4.74 Å². The van der Waals surface area contributed by atoms with Gasteiger partial charge in [-0.2, -0.15) is 17.9 Å². The standard InChI is InChI=1S/C12H16N2OS.ClH/c13-8-10-3-5-12(6-4-10)15-7-1-2-11(14)9-16;/h3-6,11,16H,1-2,7,9,14H2;1H. The normalized spacial score (nSPS) is 11.1. The molecule has 1 aromatic carbocycles. The maximum absolute atomic E-state index is 8.62. The summed E-state index contributed by atoms with van der Waals surface area (Å²) in [6.45, 7) is 0.646. The van der Waals surface area contributed by atoms with Crippen LogP contribution in [0.25, 0.3) is 0 Å². The van der Waals surface area contributed by atoms with E-state index in [-0.39, 0.29) is 18.4 Å². The van der Waals surface area contributed by atoms with Crippen LogP contribution >= 0.6 is 25.0 Å². The molecule has 94 valence electrons. The predicted molar refractivity (Wildman–Crippen MR) is 75.0 cm³/mol. The molecule has 0 aliphatic rings. The number of halogens is 1. The molecule has 1 unspecified atom stereocenters. The van der Waals surface area contributed by atoms with Gasteiger partial charge in [-0.25, -0.2) is 0 Å². The van der Waals surface area contributed by atoms with Crippen LogP contribution in [0.4, 0.5) is 0 Å². The van der Waals surface area contributed by atoms with E-state index in [2.05, 4.69) is 18.7 Å². The van der Waals surface area contributed by atoms with Crippen LogP contribution in [0.2, 0.25) is 0 Å². The van der Waals surface area contributed by atoms with Gasteiger partial charge >= 0.3 is 0 Å². The van der Waals surface area contributed by atoms with Gasteiger partial charge in [0, 0.05) is 11.8 Å². The van der Waals surface area contributed by atoms with E-state index < -0.39 is 0 Å². The van der Waals surface area contributed by atoms with Crippen molar-refractivity contribution in [1.29, 1.82) is 5.26 Å². The molecular weight excluding hydrogens is 256 g/mol. The van der Waals surface area contributed by atoms with Gasteiger partial charge in [-0.15, -0.1) is 12.4 Å². The first-order chi connectivity index (χ1) is 7.76. The zero-order chi connectivity index (χ0) is 11.8. The Bertz CT molecular complexity index is 351.